The number of amides is 1. The molecule has 4 heteroatoms. The van der Waals surface area contributed by atoms with Crippen molar-refractivity contribution in [2.45, 2.75) is 18.9 Å². The van der Waals surface area contributed by atoms with Gasteiger partial charge in [0.2, 0.25) is 0 Å². The molecule has 1 saturated heterocycles. The third-order valence-corrected chi connectivity index (χ3v) is 3.22. The highest BCUT2D eigenvalue weighted by atomic mass is 16.4. The Morgan fingerprint density at radius 2 is 2.12 bits per heavy atom. The molecule has 2 rings (SSSR count). The third kappa shape index (κ3) is 2.39. The number of carboxylic acid groups (broad SMARTS) is 1. The molecule has 1 heterocycles. The molecule has 0 radical (unpaired) electrons. The molecule has 1 aliphatic heterocycles. The molecule has 1 fully saturated rings. The molecule has 1 aliphatic rings. The lowest BCUT2D eigenvalue weighted by Crippen LogP contribution is -2.40. The van der Waals surface area contributed by atoms with Crippen LogP contribution in [0.15, 0.2) is 30.3 Å². The van der Waals surface area contributed by atoms with E-state index >= 15 is 0 Å². The van der Waals surface area contributed by atoms with E-state index in [9.17, 15) is 9.90 Å². The number of rotatable bonds is 1. The van der Waals surface area contributed by atoms with Crippen LogP contribution < -0.4 is 0 Å². The lowest BCUT2D eigenvalue weighted by Gasteiger charge is -2.35. The van der Waals surface area contributed by atoms with Gasteiger partial charge in [-0.3, -0.25) is 0 Å². The summed E-state index contributed by atoms with van der Waals surface area (Å²) in [4.78, 5) is 12.6. The minimum Gasteiger partial charge on any atom is -0.465 e. The van der Waals surface area contributed by atoms with E-state index in [0.717, 1.165) is 5.56 Å². The van der Waals surface area contributed by atoms with Crippen LogP contribution in [0.25, 0.3) is 0 Å². The number of benzene rings is 1. The van der Waals surface area contributed by atoms with Gasteiger partial charge in [0.25, 0.3) is 0 Å². The predicted molar refractivity (Wildman–Crippen MR) is 62.3 cm³/mol. The lowest BCUT2D eigenvalue weighted by atomic mass is 9.88. The fourth-order valence-electron chi connectivity index (χ4n) is 2.30. The second-order valence-electron chi connectivity index (χ2n) is 4.25. The Bertz CT molecular complexity index is 438. The summed E-state index contributed by atoms with van der Waals surface area (Å²) in [5.74, 6) is -0.0455. The first-order valence-corrected chi connectivity index (χ1v) is 5.66. The SMILES string of the molecule is N#CC1CCN(C(=O)O)[C@@H](c2ccccc2)C1. The molecule has 4 nitrogen and oxygen atoms in total. The second kappa shape index (κ2) is 4.88. The summed E-state index contributed by atoms with van der Waals surface area (Å²) < 4.78 is 0. The molecule has 0 bridgehead atoms. The van der Waals surface area contributed by atoms with Crippen LogP contribution in [0.3, 0.4) is 0 Å². The normalized spacial score (nSPS) is 24.1. The molecule has 1 amide bonds. The van der Waals surface area contributed by atoms with Crippen LogP contribution in [0.1, 0.15) is 24.4 Å². The zero-order chi connectivity index (χ0) is 12.3. The summed E-state index contributed by atoms with van der Waals surface area (Å²) in [5, 5.41) is 18.1. The Morgan fingerprint density at radius 1 is 1.41 bits per heavy atom. The fraction of sp³-hybridized carbons (Fsp3) is 0.385. The highest BCUT2D eigenvalue weighted by Crippen LogP contribution is 2.33. The number of hydrogen-bond acceptors (Lipinski definition) is 2. The summed E-state index contributed by atoms with van der Waals surface area (Å²) in [6.07, 6.45) is 0.314. The van der Waals surface area contributed by atoms with E-state index in [1.165, 1.54) is 4.90 Å². The van der Waals surface area contributed by atoms with Gasteiger partial charge in [-0.2, -0.15) is 5.26 Å². The quantitative estimate of drug-likeness (QED) is 0.806. The van der Waals surface area contributed by atoms with Crippen LogP contribution in [0.5, 0.6) is 0 Å². The van der Waals surface area contributed by atoms with E-state index in [1.54, 1.807) is 0 Å². The molecule has 88 valence electrons. The van der Waals surface area contributed by atoms with Gasteiger partial charge in [-0.1, -0.05) is 30.3 Å². The number of piperidine rings is 1. The second-order valence-corrected chi connectivity index (χ2v) is 4.25. The van der Waals surface area contributed by atoms with Gasteiger partial charge in [0.05, 0.1) is 18.0 Å². The first-order valence-electron chi connectivity index (χ1n) is 5.66. The van der Waals surface area contributed by atoms with Crippen LogP contribution in [-0.2, 0) is 0 Å². The van der Waals surface area contributed by atoms with Crippen molar-refractivity contribution in [2.75, 3.05) is 6.54 Å². The number of carbonyl (C=O) groups is 1. The first-order chi connectivity index (χ1) is 8.22. The van der Waals surface area contributed by atoms with E-state index in [1.807, 2.05) is 30.3 Å². The fourth-order valence-corrected chi connectivity index (χ4v) is 2.30. The number of likely N-dealkylation sites (tertiary alicyclic amines) is 1. The van der Waals surface area contributed by atoms with Gasteiger partial charge < -0.3 is 10.0 Å². The molecule has 0 aromatic heterocycles. The van der Waals surface area contributed by atoms with Gasteiger partial charge in [-0.15, -0.1) is 0 Å². The number of nitrogens with zero attached hydrogens (tertiary/aromatic N) is 2. The Kier molecular flexibility index (Phi) is 3.29. The maximum Gasteiger partial charge on any atom is 0.407 e. The summed E-state index contributed by atoms with van der Waals surface area (Å²) in [6, 6.07) is 11.6. The molecule has 1 N–H and O–H groups in total. The largest absolute Gasteiger partial charge is 0.465 e. The Morgan fingerprint density at radius 3 is 2.71 bits per heavy atom. The van der Waals surface area contributed by atoms with Crippen LogP contribution in [-0.4, -0.2) is 22.6 Å². The van der Waals surface area contributed by atoms with Gasteiger partial charge in [0.1, 0.15) is 0 Å². The smallest absolute Gasteiger partial charge is 0.407 e. The molecular weight excluding hydrogens is 216 g/mol. The molecule has 0 saturated carbocycles. The molecule has 17 heavy (non-hydrogen) atoms. The minimum absolute atomic E-state index is 0.0455. The van der Waals surface area contributed by atoms with Crippen molar-refractivity contribution >= 4 is 6.09 Å². The van der Waals surface area contributed by atoms with Crippen LogP contribution in [0.4, 0.5) is 4.79 Å². The molecule has 1 aromatic rings. The maximum absolute atomic E-state index is 11.2. The van der Waals surface area contributed by atoms with Crippen molar-refractivity contribution in [1.29, 1.82) is 5.26 Å². The zero-order valence-corrected chi connectivity index (χ0v) is 9.41. The average molecular weight is 230 g/mol. The predicted octanol–water partition coefficient (Wildman–Crippen LogP) is 2.64. The third-order valence-electron chi connectivity index (χ3n) is 3.22. The van der Waals surface area contributed by atoms with E-state index in [0.29, 0.717) is 19.4 Å². The summed E-state index contributed by atoms with van der Waals surface area (Å²) in [6.45, 7) is 0.438. The van der Waals surface area contributed by atoms with Gasteiger partial charge in [0.15, 0.2) is 0 Å². The van der Waals surface area contributed by atoms with Crippen molar-refractivity contribution in [3.8, 4) is 6.07 Å². The molecule has 1 aromatic carbocycles. The topological polar surface area (TPSA) is 64.3 Å². The van der Waals surface area contributed by atoms with Crippen molar-refractivity contribution < 1.29 is 9.90 Å². The van der Waals surface area contributed by atoms with E-state index < -0.39 is 6.09 Å². The summed E-state index contributed by atoms with van der Waals surface area (Å²) in [5.41, 5.74) is 0.967. The molecule has 2 atom stereocenters. The molecular formula is C13H14N2O2. The molecule has 0 aliphatic carbocycles. The van der Waals surface area contributed by atoms with E-state index in [-0.39, 0.29) is 12.0 Å². The Labute approximate surface area is 100 Å². The maximum atomic E-state index is 11.2. The van der Waals surface area contributed by atoms with Crippen molar-refractivity contribution in [1.82, 2.24) is 4.90 Å². The summed E-state index contributed by atoms with van der Waals surface area (Å²) >= 11 is 0. The van der Waals surface area contributed by atoms with Gasteiger partial charge in [-0.05, 0) is 18.4 Å². The van der Waals surface area contributed by atoms with E-state index in [2.05, 4.69) is 6.07 Å². The number of hydrogen-bond donors (Lipinski definition) is 1. The van der Waals surface area contributed by atoms with Gasteiger partial charge in [0, 0.05) is 6.54 Å². The average Bonchev–Trinajstić information content (AvgIpc) is 2.39. The number of nitriles is 1. The molecule has 0 spiro atoms. The minimum atomic E-state index is -0.907. The van der Waals surface area contributed by atoms with Gasteiger partial charge >= 0.3 is 6.09 Å². The van der Waals surface area contributed by atoms with Crippen LogP contribution in [0, 0.1) is 17.2 Å². The van der Waals surface area contributed by atoms with Crippen molar-refractivity contribution in [3.05, 3.63) is 35.9 Å². The van der Waals surface area contributed by atoms with Crippen LogP contribution >= 0.6 is 0 Å². The van der Waals surface area contributed by atoms with Crippen molar-refractivity contribution in [2.24, 2.45) is 5.92 Å². The van der Waals surface area contributed by atoms with E-state index in [4.69, 9.17) is 5.26 Å². The monoisotopic (exact) mass is 230 g/mol. The lowest BCUT2D eigenvalue weighted by molar-refractivity contribution is 0.0978. The van der Waals surface area contributed by atoms with Gasteiger partial charge in [-0.25, -0.2) is 4.79 Å². The zero-order valence-electron chi connectivity index (χ0n) is 9.41. The highest BCUT2D eigenvalue weighted by Gasteiger charge is 2.32. The highest BCUT2D eigenvalue weighted by molar-refractivity contribution is 5.66. The molecule has 1 unspecified atom stereocenters. The summed E-state index contributed by atoms with van der Waals surface area (Å²) in [7, 11) is 0. The Hall–Kier alpha value is -2.02. The Balaban J connectivity index is 2.26. The van der Waals surface area contributed by atoms with Crippen LogP contribution in [0.2, 0.25) is 0 Å². The standard InChI is InChI=1S/C13H14N2O2/c14-9-10-6-7-15(13(16)17)12(8-10)11-4-2-1-3-5-11/h1-5,10,12H,6-8H2,(H,16,17)/t10?,12-/m1/s1. The first kappa shape index (κ1) is 11.5. The van der Waals surface area contributed by atoms with Crippen molar-refractivity contribution in [3.63, 3.8) is 0 Å².